The number of piperidine rings is 1. The maximum atomic E-state index is 6.29. The molecule has 0 atom stereocenters. The molecule has 1 heterocycles. The number of methoxy groups -OCH3 is 1. The molecular formula is C19H30ClIN4O. The van der Waals surface area contributed by atoms with Crippen LogP contribution < -0.4 is 15.4 Å². The molecule has 1 saturated heterocycles. The van der Waals surface area contributed by atoms with Crippen LogP contribution in [0.25, 0.3) is 0 Å². The van der Waals surface area contributed by atoms with Crippen molar-refractivity contribution in [3.8, 4) is 5.75 Å². The smallest absolute Gasteiger partial charge is 0.191 e. The number of hydrogen-bond donors (Lipinski definition) is 2. The number of halogens is 2. The zero-order chi connectivity index (χ0) is 18.1. The molecule has 0 aromatic heterocycles. The molecule has 5 nitrogen and oxygen atoms in total. The molecule has 1 aromatic carbocycles. The molecule has 1 aliphatic heterocycles. The average molecular weight is 493 g/mol. The molecule has 1 aliphatic rings. The van der Waals surface area contributed by atoms with Crippen molar-refractivity contribution in [3.05, 3.63) is 41.4 Å². The summed E-state index contributed by atoms with van der Waals surface area (Å²) in [6.45, 7) is 7.76. The first-order chi connectivity index (χ1) is 12.2. The van der Waals surface area contributed by atoms with E-state index in [1.807, 2.05) is 31.3 Å². The zero-order valence-corrected chi connectivity index (χ0v) is 18.7. The van der Waals surface area contributed by atoms with Crippen molar-refractivity contribution in [2.45, 2.75) is 25.3 Å². The fourth-order valence-corrected chi connectivity index (χ4v) is 3.27. The molecule has 1 aromatic rings. The van der Waals surface area contributed by atoms with Crippen molar-refractivity contribution in [1.82, 2.24) is 15.5 Å². The van der Waals surface area contributed by atoms with Crippen molar-refractivity contribution in [2.75, 3.05) is 40.3 Å². The third-order valence-electron chi connectivity index (χ3n) is 4.49. The van der Waals surface area contributed by atoms with Crippen LogP contribution in [0.3, 0.4) is 0 Å². The van der Waals surface area contributed by atoms with E-state index < -0.39 is 0 Å². The van der Waals surface area contributed by atoms with Gasteiger partial charge in [-0.3, -0.25) is 9.89 Å². The summed E-state index contributed by atoms with van der Waals surface area (Å²) in [7, 11) is 3.45. The lowest BCUT2D eigenvalue weighted by Crippen LogP contribution is -2.49. The van der Waals surface area contributed by atoms with Gasteiger partial charge in [0.2, 0.25) is 0 Å². The highest BCUT2D eigenvalue weighted by Gasteiger charge is 2.18. The van der Waals surface area contributed by atoms with Gasteiger partial charge in [-0.25, -0.2) is 0 Å². The number of guanidine groups is 1. The highest BCUT2D eigenvalue weighted by molar-refractivity contribution is 14.0. The number of aliphatic imine (C=N–C) groups is 1. The largest absolute Gasteiger partial charge is 0.497 e. The Bertz CT molecular complexity index is 589. The molecule has 0 spiro atoms. The van der Waals surface area contributed by atoms with Crippen molar-refractivity contribution in [1.29, 1.82) is 0 Å². The summed E-state index contributed by atoms with van der Waals surface area (Å²) in [5.74, 6) is 1.63. The molecule has 0 aliphatic carbocycles. The third kappa shape index (κ3) is 7.32. The lowest BCUT2D eigenvalue weighted by molar-refractivity contribution is 0.225. The summed E-state index contributed by atoms with van der Waals surface area (Å²) in [4.78, 5) is 6.75. The van der Waals surface area contributed by atoms with E-state index in [0.717, 1.165) is 67.7 Å². The van der Waals surface area contributed by atoms with E-state index in [-0.39, 0.29) is 24.0 Å². The molecular weight excluding hydrogens is 463 g/mol. The van der Waals surface area contributed by atoms with Gasteiger partial charge in [-0.05, 0) is 37.0 Å². The van der Waals surface area contributed by atoms with Gasteiger partial charge in [0.05, 0.1) is 7.11 Å². The molecule has 2 N–H and O–H groups in total. The van der Waals surface area contributed by atoms with Crippen molar-refractivity contribution >= 4 is 41.5 Å². The standard InChI is InChI=1S/C19H29ClN4O.HI/c1-4-11-24-12-8-16(9-13-24)23-19(21-2)22-10-7-15-5-6-17(25-3)14-18(15)20;/h4-6,14,16H,1,7-13H2,2-3H3,(H2,21,22,23);1H. The van der Waals surface area contributed by atoms with Crippen LogP contribution in [0.5, 0.6) is 5.75 Å². The Morgan fingerprint density at radius 3 is 2.73 bits per heavy atom. The Hall–Kier alpha value is -0.990. The Labute approximate surface area is 179 Å². The van der Waals surface area contributed by atoms with Crippen LogP contribution in [0.2, 0.25) is 5.02 Å². The number of nitrogens with zero attached hydrogens (tertiary/aromatic N) is 2. The first-order valence-corrected chi connectivity index (χ1v) is 9.17. The quantitative estimate of drug-likeness (QED) is 0.265. The van der Waals surface area contributed by atoms with E-state index in [2.05, 4.69) is 27.1 Å². The molecule has 0 bridgehead atoms. The highest BCUT2D eigenvalue weighted by atomic mass is 127. The Morgan fingerprint density at radius 2 is 2.15 bits per heavy atom. The molecule has 0 amide bonds. The van der Waals surface area contributed by atoms with E-state index in [4.69, 9.17) is 16.3 Å². The zero-order valence-electron chi connectivity index (χ0n) is 15.6. The number of ether oxygens (including phenoxy) is 1. The van der Waals surface area contributed by atoms with Crippen LogP contribution in [-0.2, 0) is 6.42 Å². The van der Waals surface area contributed by atoms with Gasteiger partial charge in [-0.1, -0.05) is 23.7 Å². The third-order valence-corrected chi connectivity index (χ3v) is 4.84. The molecule has 26 heavy (non-hydrogen) atoms. The number of hydrogen-bond acceptors (Lipinski definition) is 3. The molecule has 0 unspecified atom stereocenters. The highest BCUT2D eigenvalue weighted by Crippen LogP contribution is 2.22. The van der Waals surface area contributed by atoms with Gasteiger partial charge in [0.25, 0.3) is 0 Å². The molecule has 0 radical (unpaired) electrons. The summed E-state index contributed by atoms with van der Waals surface area (Å²) in [6, 6.07) is 6.26. The van der Waals surface area contributed by atoms with E-state index in [1.54, 1.807) is 7.11 Å². The minimum absolute atomic E-state index is 0. The molecule has 146 valence electrons. The van der Waals surface area contributed by atoms with Crippen LogP contribution in [-0.4, -0.2) is 57.2 Å². The summed E-state index contributed by atoms with van der Waals surface area (Å²) < 4.78 is 5.18. The van der Waals surface area contributed by atoms with Crippen LogP contribution in [0.15, 0.2) is 35.8 Å². The van der Waals surface area contributed by atoms with Gasteiger partial charge in [0.1, 0.15) is 5.75 Å². The number of nitrogens with one attached hydrogen (secondary N) is 2. The van der Waals surface area contributed by atoms with E-state index in [0.29, 0.717) is 6.04 Å². The molecule has 1 fully saturated rings. The minimum Gasteiger partial charge on any atom is -0.497 e. The fourth-order valence-electron chi connectivity index (χ4n) is 3.00. The van der Waals surface area contributed by atoms with Crippen LogP contribution >= 0.6 is 35.6 Å². The fraction of sp³-hybridized carbons (Fsp3) is 0.526. The summed E-state index contributed by atoms with van der Waals surface area (Å²) in [5.41, 5.74) is 1.10. The van der Waals surface area contributed by atoms with Crippen LogP contribution in [0.1, 0.15) is 18.4 Å². The van der Waals surface area contributed by atoms with Gasteiger partial charge in [-0.15, -0.1) is 30.6 Å². The average Bonchev–Trinajstić information content (AvgIpc) is 2.63. The first kappa shape index (κ1) is 23.0. The normalized spacial score (nSPS) is 15.9. The van der Waals surface area contributed by atoms with Crippen LogP contribution in [0, 0.1) is 0 Å². The number of likely N-dealkylation sites (tertiary alicyclic amines) is 1. The Morgan fingerprint density at radius 1 is 1.42 bits per heavy atom. The number of benzene rings is 1. The Kier molecular flexibility index (Phi) is 11.0. The minimum atomic E-state index is 0. The molecule has 0 saturated carbocycles. The van der Waals surface area contributed by atoms with Crippen molar-refractivity contribution in [3.63, 3.8) is 0 Å². The lowest BCUT2D eigenvalue weighted by Gasteiger charge is -2.32. The lowest BCUT2D eigenvalue weighted by atomic mass is 10.1. The van der Waals surface area contributed by atoms with Gasteiger partial charge in [0.15, 0.2) is 5.96 Å². The molecule has 2 rings (SSSR count). The van der Waals surface area contributed by atoms with E-state index in [9.17, 15) is 0 Å². The summed E-state index contributed by atoms with van der Waals surface area (Å²) >= 11 is 6.29. The first-order valence-electron chi connectivity index (χ1n) is 8.79. The van der Waals surface area contributed by atoms with Gasteiger partial charge in [-0.2, -0.15) is 0 Å². The molecule has 7 heteroatoms. The monoisotopic (exact) mass is 492 g/mol. The second kappa shape index (κ2) is 12.4. The maximum Gasteiger partial charge on any atom is 0.191 e. The van der Waals surface area contributed by atoms with Gasteiger partial charge in [0, 0.05) is 44.3 Å². The predicted octanol–water partition coefficient (Wildman–Crippen LogP) is 3.32. The van der Waals surface area contributed by atoms with Crippen molar-refractivity contribution < 1.29 is 4.74 Å². The second-order valence-corrected chi connectivity index (χ2v) is 6.62. The van der Waals surface area contributed by atoms with E-state index in [1.165, 1.54) is 0 Å². The second-order valence-electron chi connectivity index (χ2n) is 6.21. The Balaban J connectivity index is 0.00000338. The van der Waals surface area contributed by atoms with Crippen molar-refractivity contribution in [2.24, 2.45) is 4.99 Å². The van der Waals surface area contributed by atoms with Gasteiger partial charge < -0.3 is 15.4 Å². The van der Waals surface area contributed by atoms with E-state index >= 15 is 0 Å². The summed E-state index contributed by atoms with van der Waals surface area (Å²) in [5, 5.41) is 7.63. The van der Waals surface area contributed by atoms with Gasteiger partial charge >= 0.3 is 0 Å². The SMILES string of the molecule is C=CCN1CCC(NC(=NC)NCCc2ccc(OC)cc2Cl)CC1.I. The predicted molar refractivity (Wildman–Crippen MR) is 121 cm³/mol. The van der Waals surface area contributed by atoms with Crippen LogP contribution in [0.4, 0.5) is 0 Å². The summed E-state index contributed by atoms with van der Waals surface area (Å²) in [6.07, 6.45) is 5.05. The topological polar surface area (TPSA) is 48.9 Å². The number of rotatable bonds is 7. The maximum absolute atomic E-state index is 6.29.